The van der Waals surface area contributed by atoms with Gasteiger partial charge in [-0.05, 0) is 62.2 Å². The molecule has 0 aliphatic rings. The lowest BCUT2D eigenvalue weighted by Gasteiger charge is -2.34. The zero-order valence-corrected chi connectivity index (χ0v) is 26.1. The van der Waals surface area contributed by atoms with Crippen molar-refractivity contribution in [3.8, 4) is 0 Å². The molecular weight excluding hydrogens is 626 g/mol. The highest BCUT2D eigenvalue weighted by Gasteiger charge is 2.36. The highest BCUT2D eigenvalue weighted by molar-refractivity contribution is 7.92. The van der Waals surface area contributed by atoms with Crippen molar-refractivity contribution >= 4 is 50.7 Å². The van der Waals surface area contributed by atoms with Crippen LogP contribution in [0.15, 0.2) is 77.7 Å². The Balaban J connectivity index is 2.15. The van der Waals surface area contributed by atoms with Crippen LogP contribution in [0.3, 0.4) is 0 Å². The van der Waals surface area contributed by atoms with E-state index in [-0.39, 0.29) is 39.6 Å². The van der Waals surface area contributed by atoms with Crippen molar-refractivity contribution in [2.75, 3.05) is 10.8 Å². The number of benzene rings is 3. The summed E-state index contributed by atoms with van der Waals surface area (Å²) in [6, 6.07) is 14.2. The number of anilines is 1. The van der Waals surface area contributed by atoms with Crippen LogP contribution in [0.5, 0.6) is 0 Å². The molecule has 3 aromatic carbocycles. The molecule has 0 unspecified atom stereocenters. The van der Waals surface area contributed by atoms with Gasteiger partial charge >= 0.3 is 6.18 Å². The third kappa shape index (κ3) is 8.43. The van der Waals surface area contributed by atoms with E-state index in [1.807, 2.05) is 6.92 Å². The highest BCUT2D eigenvalue weighted by atomic mass is 35.5. The Kier molecular flexibility index (Phi) is 11.5. The fourth-order valence-corrected chi connectivity index (χ4v) is 6.24. The Labute approximate surface area is 259 Å². The van der Waals surface area contributed by atoms with E-state index in [0.29, 0.717) is 22.4 Å². The molecule has 0 aliphatic heterocycles. The minimum atomic E-state index is -4.77. The average molecular weight is 659 g/mol. The third-order valence-corrected chi connectivity index (χ3v) is 9.34. The van der Waals surface area contributed by atoms with Crippen LogP contribution in [0, 0.1) is 0 Å². The van der Waals surface area contributed by atoms with Crippen LogP contribution in [0.4, 0.5) is 18.9 Å². The van der Waals surface area contributed by atoms with Crippen LogP contribution in [-0.2, 0) is 32.3 Å². The molecule has 0 radical (unpaired) electrons. The molecule has 0 fully saturated rings. The summed E-state index contributed by atoms with van der Waals surface area (Å²) in [5.74, 6) is -1.33. The van der Waals surface area contributed by atoms with Crippen LogP contribution in [0.25, 0.3) is 0 Å². The number of nitrogens with zero attached hydrogens (tertiary/aromatic N) is 2. The Morgan fingerprint density at radius 3 is 2.07 bits per heavy atom. The van der Waals surface area contributed by atoms with Crippen LogP contribution in [-0.4, -0.2) is 43.8 Å². The largest absolute Gasteiger partial charge is 0.416 e. The van der Waals surface area contributed by atoms with E-state index >= 15 is 0 Å². The van der Waals surface area contributed by atoms with Crippen molar-refractivity contribution in [2.24, 2.45) is 0 Å². The van der Waals surface area contributed by atoms with Crippen molar-refractivity contribution < 1.29 is 31.2 Å². The summed E-state index contributed by atoms with van der Waals surface area (Å²) in [5.41, 5.74) is -1.14. The molecule has 3 rings (SSSR count). The second-order valence-electron chi connectivity index (χ2n) is 9.84. The van der Waals surface area contributed by atoms with Crippen LogP contribution in [0.1, 0.15) is 44.7 Å². The first kappa shape index (κ1) is 34.2. The monoisotopic (exact) mass is 657 g/mol. The summed E-state index contributed by atoms with van der Waals surface area (Å²) >= 11 is 12.8. The fourth-order valence-electron chi connectivity index (χ4n) is 4.30. The normalized spacial score (nSPS) is 13.2. The van der Waals surface area contributed by atoms with E-state index in [1.54, 1.807) is 38.1 Å². The van der Waals surface area contributed by atoms with Gasteiger partial charge in [-0.3, -0.25) is 13.9 Å². The van der Waals surface area contributed by atoms with Crippen molar-refractivity contribution in [2.45, 2.75) is 63.3 Å². The fraction of sp³-hybridized carbons (Fsp3) is 0.333. The van der Waals surface area contributed by atoms with Crippen molar-refractivity contribution in [3.63, 3.8) is 0 Å². The van der Waals surface area contributed by atoms with Gasteiger partial charge in [0.05, 0.1) is 16.1 Å². The number of carbonyl (C=O) groups excluding carboxylic acids is 2. The lowest BCUT2D eigenvalue weighted by atomic mass is 10.1. The second kappa shape index (κ2) is 14.5. The molecule has 2 atom stereocenters. The molecule has 232 valence electrons. The average Bonchev–Trinajstić information content (AvgIpc) is 2.97. The summed E-state index contributed by atoms with van der Waals surface area (Å²) < 4.78 is 69.1. The molecule has 13 heteroatoms. The molecule has 0 bridgehead atoms. The quantitative estimate of drug-likeness (QED) is 0.229. The third-order valence-electron chi connectivity index (χ3n) is 6.85. The van der Waals surface area contributed by atoms with Crippen molar-refractivity contribution in [3.05, 3.63) is 94.0 Å². The first-order valence-corrected chi connectivity index (χ1v) is 15.7. The number of halogens is 5. The van der Waals surface area contributed by atoms with Gasteiger partial charge in [0.2, 0.25) is 11.8 Å². The van der Waals surface area contributed by atoms with Gasteiger partial charge in [-0.1, -0.05) is 67.4 Å². The zero-order chi connectivity index (χ0) is 31.9. The van der Waals surface area contributed by atoms with Gasteiger partial charge in [0.15, 0.2) is 0 Å². The van der Waals surface area contributed by atoms with E-state index in [2.05, 4.69) is 5.32 Å². The highest BCUT2D eigenvalue weighted by Crippen LogP contribution is 2.34. The van der Waals surface area contributed by atoms with E-state index in [9.17, 15) is 31.2 Å². The molecule has 2 amide bonds. The van der Waals surface area contributed by atoms with Gasteiger partial charge in [-0.25, -0.2) is 8.42 Å². The lowest BCUT2D eigenvalue weighted by Crippen LogP contribution is -2.53. The van der Waals surface area contributed by atoms with Gasteiger partial charge in [0.1, 0.15) is 12.6 Å². The van der Waals surface area contributed by atoms with Crippen LogP contribution in [0.2, 0.25) is 10.0 Å². The number of amides is 2. The smallest absolute Gasteiger partial charge is 0.352 e. The maximum absolute atomic E-state index is 14.1. The number of alkyl halides is 3. The number of sulfonamides is 1. The van der Waals surface area contributed by atoms with Crippen LogP contribution < -0.4 is 9.62 Å². The van der Waals surface area contributed by atoms with Gasteiger partial charge < -0.3 is 10.2 Å². The molecule has 0 saturated heterocycles. The maximum Gasteiger partial charge on any atom is 0.416 e. The molecule has 3 aromatic rings. The van der Waals surface area contributed by atoms with Gasteiger partial charge in [0.25, 0.3) is 10.0 Å². The Morgan fingerprint density at radius 2 is 1.51 bits per heavy atom. The van der Waals surface area contributed by atoms with Crippen molar-refractivity contribution in [1.82, 2.24) is 10.2 Å². The minimum Gasteiger partial charge on any atom is -0.352 e. The van der Waals surface area contributed by atoms with Gasteiger partial charge in [-0.2, -0.15) is 13.2 Å². The number of hydrogen-bond acceptors (Lipinski definition) is 4. The summed E-state index contributed by atoms with van der Waals surface area (Å²) in [7, 11) is -4.54. The number of rotatable bonds is 12. The van der Waals surface area contributed by atoms with Crippen molar-refractivity contribution in [1.29, 1.82) is 0 Å². The van der Waals surface area contributed by atoms with E-state index in [1.165, 1.54) is 30.3 Å². The number of nitrogens with one attached hydrogen (secondary N) is 1. The lowest BCUT2D eigenvalue weighted by molar-refractivity contribution is -0.140. The molecule has 43 heavy (non-hydrogen) atoms. The minimum absolute atomic E-state index is 0.144. The molecule has 0 aliphatic carbocycles. The standard InChI is InChI=1S/C30H32Cl2F3N3O4S/c1-4-20(3)36-29(40)27(5-2)37(18-24-25(31)15-10-16-26(24)32)28(39)19-38(43(41,42)23-13-7-6-8-14-23)22-12-9-11-21(17-22)30(33,34)35/h6-17,20,27H,4-5,18-19H2,1-3H3,(H,36,40)/t20-,27+/m1/s1. The summed E-state index contributed by atoms with van der Waals surface area (Å²) in [5, 5.41) is 3.27. The molecular formula is C30H32Cl2F3N3O4S. The molecule has 0 saturated carbocycles. The summed E-state index contributed by atoms with van der Waals surface area (Å²) in [6.45, 7) is 4.18. The van der Waals surface area contributed by atoms with Crippen LogP contribution >= 0.6 is 23.2 Å². The predicted octanol–water partition coefficient (Wildman–Crippen LogP) is 6.93. The first-order valence-electron chi connectivity index (χ1n) is 13.5. The Hall–Kier alpha value is -3.28. The SMILES string of the molecule is CC[C@@H](C)NC(=O)[C@H](CC)N(Cc1c(Cl)cccc1Cl)C(=O)CN(c1cccc(C(F)(F)F)c1)S(=O)(=O)c1ccccc1. The first-order chi connectivity index (χ1) is 20.2. The second-order valence-corrected chi connectivity index (χ2v) is 12.5. The molecule has 0 spiro atoms. The van der Waals surface area contributed by atoms with E-state index in [4.69, 9.17) is 23.2 Å². The number of hydrogen-bond donors (Lipinski definition) is 1. The van der Waals surface area contributed by atoms with E-state index < -0.39 is 46.2 Å². The Morgan fingerprint density at radius 1 is 0.907 bits per heavy atom. The maximum atomic E-state index is 14.1. The number of carbonyl (C=O) groups is 2. The summed E-state index contributed by atoms with van der Waals surface area (Å²) in [4.78, 5) is 28.4. The topological polar surface area (TPSA) is 86.8 Å². The van der Waals surface area contributed by atoms with E-state index in [0.717, 1.165) is 17.0 Å². The molecule has 1 N–H and O–H groups in total. The Bertz CT molecular complexity index is 1520. The summed E-state index contributed by atoms with van der Waals surface area (Å²) in [6.07, 6.45) is -4.01. The molecule has 0 heterocycles. The predicted molar refractivity (Wildman–Crippen MR) is 161 cm³/mol. The van der Waals surface area contributed by atoms with Gasteiger partial charge in [0, 0.05) is 28.2 Å². The zero-order valence-electron chi connectivity index (χ0n) is 23.7. The van der Waals surface area contributed by atoms with Gasteiger partial charge in [-0.15, -0.1) is 0 Å². The molecule has 0 aromatic heterocycles. The molecule has 7 nitrogen and oxygen atoms in total.